The lowest BCUT2D eigenvalue weighted by Crippen LogP contribution is -2.45. The van der Waals surface area contributed by atoms with E-state index in [2.05, 4.69) is 41.0 Å². The van der Waals surface area contributed by atoms with Crippen molar-refractivity contribution in [2.45, 2.75) is 20.0 Å². The maximum absolute atomic E-state index is 5.68. The van der Waals surface area contributed by atoms with E-state index in [1.807, 2.05) is 12.1 Å². The highest BCUT2D eigenvalue weighted by Gasteiger charge is 2.18. The third-order valence-corrected chi connectivity index (χ3v) is 4.04. The lowest BCUT2D eigenvalue weighted by atomic mass is 10.2. The van der Waals surface area contributed by atoms with E-state index in [0.717, 1.165) is 44.2 Å². The molecule has 0 aliphatic carbocycles. The molecule has 0 amide bonds. The molecule has 21 heavy (non-hydrogen) atoms. The zero-order valence-electron chi connectivity index (χ0n) is 12.6. The van der Waals surface area contributed by atoms with Gasteiger partial charge in [0.1, 0.15) is 11.5 Å². The van der Waals surface area contributed by atoms with Crippen LogP contribution in [0.4, 0.5) is 5.69 Å². The average Bonchev–Trinajstić information content (AvgIpc) is 2.96. The summed E-state index contributed by atoms with van der Waals surface area (Å²) in [5.41, 5.74) is 8.23. The molecule has 0 atom stereocenters. The van der Waals surface area contributed by atoms with Gasteiger partial charge < -0.3 is 15.1 Å². The summed E-state index contributed by atoms with van der Waals surface area (Å²) < 4.78 is 5.68. The van der Waals surface area contributed by atoms with Gasteiger partial charge in [0.25, 0.3) is 0 Å². The number of hydrogen-bond donors (Lipinski definition) is 1. The number of furan rings is 1. The number of rotatable bonds is 4. The van der Waals surface area contributed by atoms with Crippen molar-refractivity contribution in [3.8, 4) is 0 Å². The van der Waals surface area contributed by atoms with Crippen LogP contribution in [-0.2, 0) is 13.1 Å². The topological polar surface area (TPSA) is 45.6 Å². The van der Waals surface area contributed by atoms with Crippen molar-refractivity contribution in [2.24, 2.45) is 5.73 Å². The van der Waals surface area contributed by atoms with Crippen LogP contribution in [0.2, 0.25) is 0 Å². The highest BCUT2D eigenvalue weighted by Crippen LogP contribution is 2.19. The van der Waals surface area contributed by atoms with Gasteiger partial charge in [-0.25, -0.2) is 0 Å². The largest absolute Gasteiger partial charge is 0.463 e. The standard InChI is InChI=1S/C17H23N3O/c1-14-3-2-4-15(11-14)20-9-7-19(8-10-20)13-17-6-5-16(12-18)21-17/h2-6,11H,7-10,12-13,18H2,1H3. The molecule has 0 spiro atoms. The molecule has 0 unspecified atom stereocenters. The predicted molar refractivity (Wildman–Crippen MR) is 85.3 cm³/mol. The van der Waals surface area contributed by atoms with E-state index in [9.17, 15) is 0 Å². The van der Waals surface area contributed by atoms with Gasteiger partial charge in [0, 0.05) is 31.9 Å². The first-order valence-corrected chi connectivity index (χ1v) is 7.56. The molecule has 0 saturated carbocycles. The van der Waals surface area contributed by atoms with Crippen molar-refractivity contribution >= 4 is 5.69 Å². The van der Waals surface area contributed by atoms with Crippen LogP contribution in [-0.4, -0.2) is 31.1 Å². The first kappa shape index (κ1) is 14.2. The molecule has 4 heteroatoms. The number of hydrogen-bond acceptors (Lipinski definition) is 4. The Labute approximate surface area is 126 Å². The Morgan fingerprint density at radius 1 is 1.05 bits per heavy atom. The molecule has 0 bridgehead atoms. The Balaban J connectivity index is 1.55. The van der Waals surface area contributed by atoms with Crippen molar-refractivity contribution < 1.29 is 4.42 Å². The molecule has 4 nitrogen and oxygen atoms in total. The Hall–Kier alpha value is -1.78. The molecule has 2 N–H and O–H groups in total. The summed E-state index contributed by atoms with van der Waals surface area (Å²) in [6.07, 6.45) is 0. The van der Waals surface area contributed by atoms with Crippen molar-refractivity contribution in [1.82, 2.24) is 4.90 Å². The third-order valence-electron chi connectivity index (χ3n) is 4.04. The van der Waals surface area contributed by atoms with Crippen LogP contribution in [0.5, 0.6) is 0 Å². The molecule has 1 saturated heterocycles. The van der Waals surface area contributed by atoms with E-state index in [1.54, 1.807) is 0 Å². The first-order valence-electron chi connectivity index (χ1n) is 7.56. The van der Waals surface area contributed by atoms with Gasteiger partial charge >= 0.3 is 0 Å². The van der Waals surface area contributed by atoms with Gasteiger partial charge in [-0.1, -0.05) is 12.1 Å². The maximum Gasteiger partial charge on any atom is 0.118 e. The molecule has 1 aliphatic rings. The lowest BCUT2D eigenvalue weighted by Gasteiger charge is -2.35. The van der Waals surface area contributed by atoms with E-state index in [4.69, 9.17) is 10.2 Å². The van der Waals surface area contributed by atoms with Crippen LogP contribution in [0, 0.1) is 6.92 Å². The van der Waals surface area contributed by atoms with Gasteiger partial charge in [-0.15, -0.1) is 0 Å². The van der Waals surface area contributed by atoms with Gasteiger partial charge in [0.2, 0.25) is 0 Å². The average molecular weight is 285 g/mol. The molecule has 3 rings (SSSR count). The quantitative estimate of drug-likeness (QED) is 0.937. The van der Waals surface area contributed by atoms with Crippen molar-refractivity contribution in [1.29, 1.82) is 0 Å². The number of piperazine rings is 1. The van der Waals surface area contributed by atoms with Gasteiger partial charge in [-0.05, 0) is 36.8 Å². The van der Waals surface area contributed by atoms with Crippen molar-refractivity contribution in [2.75, 3.05) is 31.1 Å². The summed E-state index contributed by atoms with van der Waals surface area (Å²) in [6.45, 7) is 7.75. The number of benzene rings is 1. The molecule has 0 radical (unpaired) electrons. The smallest absolute Gasteiger partial charge is 0.118 e. The Bertz CT molecular complexity index is 585. The Kier molecular flexibility index (Phi) is 4.27. The van der Waals surface area contributed by atoms with E-state index in [1.165, 1.54) is 11.3 Å². The van der Waals surface area contributed by atoms with Crippen molar-refractivity contribution in [3.63, 3.8) is 0 Å². The van der Waals surface area contributed by atoms with E-state index in [-0.39, 0.29) is 0 Å². The fraction of sp³-hybridized carbons (Fsp3) is 0.412. The SMILES string of the molecule is Cc1cccc(N2CCN(Cc3ccc(CN)o3)CC2)c1. The predicted octanol–water partition coefficient (Wildman–Crippen LogP) is 2.37. The fourth-order valence-corrected chi connectivity index (χ4v) is 2.83. The summed E-state index contributed by atoms with van der Waals surface area (Å²) >= 11 is 0. The molecule has 1 aromatic carbocycles. The van der Waals surface area contributed by atoms with Crippen LogP contribution in [0.15, 0.2) is 40.8 Å². The van der Waals surface area contributed by atoms with Gasteiger partial charge in [0.15, 0.2) is 0 Å². The summed E-state index contributed by atoms with van der Waals surface area (Å²) in [5.74, 6) is 1.88. The highest BCUT2D eigenvalue weighted by molar-refractivity contribution is 5.48. The first-order chi connectivity index (χ1) is 10.2. The normalized spacial score (nSPS) is 16.4. The van der Waals surface area contributed by atoms with Gasteiger partial charge in [0.05, 0.1) is 13.1 Å². The zero-order valence-corrected chi connectivity index (χ0v) is 12.6. The molecular weight excluding hydrogens is 262 g/mol. The second-order valence-corrected chi connectivity index (χ2v) is 5.67. The Morgan fingerprint density at radius 3 is 2.48 bits per heavy atom. The highest BCUT2D eigenvalue weighted by atomic mass is 16.3. The minimum Gasteiger partial charge on any atom is -0.463 e. The second-order valence-electron chi connectivity index (χ2n) is 5.67. The van der Waals surface area contributed by atoms with E-state index >= 15 is 0 Å². The van der Waals surface area contributed by atoms with Gasteiger partial charge in [-0.2, -0.15) is 0 Å². The lowest BCUT2D eigenvalue weighted by molar-refractivity contribution is 0.228. The molecule has 1 fully saturated rings. The number of aryl methyl sites for hydroxylation is 1. The molecule has 1 aliphatic heterocycles. The summed E-state index contributed by atoms with van der Waals surface area (Å²) in [6, 6.07) is 12.7. The summed E-state index contributed by atoms with van der Waals surface area (Å²) in [7, 11) is 0. The third kappa shape index (κ3) is 3.46. The van der Waals surface area contributed by atoms with Crippen LogP contribution < -0.4 is 10.6 Å². The Morgan fingerprint density at radius 2 is 1.81 bits per heavy atom. The van der Waals surface area contributed by atoms with Crippen molar-refractivity contribution in [3.05, 3.63) is 53.5 Å². The molecule has 1 aromatic heterocycles. The van der Waals surface area contributed by atoms with Crippen LogP contribution in [0.1, 0.15) is 17.1 Å². The van der Waals surface area contributed by atoms with Crippen LogP contribution in [0.3, 0.4) is 0 Å². The number of anilines is 1. The zero-order chi connectivity index (χ0) is 14.7. The minimum absolute atomic E-state index is 0.473. The fourth-order valence-electron chi connectivity index (χ4n) is 2.83. The summed E-state index contributed by atoms with van der Waals surface area (Å²) in [4.78, 5) is 4.89. The molecule has 112 valence electrons. The monoisotopic (exact) mass is 285 g/mol. The maximum atomic E-state index is 5.68. The van der Waals surface area contributed by atoms with Gasteiger partial charge in [-0.3, -0.25) is 4.90 Å². The van der Waals surface area contributed by atoms with Crippen LogP contribution in [0.25, 0.3) is 0 Å². The number of nitrogens with zero attached hydrogens (tertiary/aromatic N) is 2. The second kappa shape index (κ2) is 6.33. The number of nitrogens with two attached hydrogens (primary N) is 1. The molecular formula is C17H23N3O. The van der Waals surface area contributed by atoms with E-state index in [0.29, 0.717) is 6.54 Å². The summed E-state index contributed by atoms with van der Waals surface area (Å²) in [5, 5.41) is 0. The molecule has 2 aromatic rings. The molecule has 2 heterocycles. The minimum atomic E-state index is 0.473. The van der Waals surface area contributed by atoms with Crippen LogP contribution >= 0.6 is 0 Å². The van der Waals surface area contributed by atoms with E-state index < -0.39 is 0 Å².